The van der Waals surface area contributed by atoms with Gasteiger partial charge in [0.2, 0.25) is 0 Å². The van der Waals surface area contributed by atoms with Gasteiger partial charge in [-0.15, -0.1) is 0 Å². The molecule has 0 fully saturated rings. The predicted molar refractivity (Wildman–Crippen MR) is 67.7 cm³/mol. The van der Waals surface area contributed by atoms with Crippen molar-refractivity contribution in [3.05, 3.63) is 35.6 Å². The lowest BCUT2D eigenvalue weighted by atomic mass is 10.1. The van der Waals surface area contributed by atoms with Crippen LogP contribution in [0.5, 0.6) is 0 Å². The van der Waals surface area contributed by atoms with E-state index < -0.39 is 0 Å². The van der Waals surface area contributed by atoms with Crippen LogP contribution in [0, 0.1) is 5.92 Å². The molecule has 86 valence electrons. The van der Waals surface area contributed by atoms with Crippen LogP contribution in [0.3, 0.4) is 0 Å². The molecule has 15 heavy (non-hydrogen) atoms. The highest BCUT2D eigenvalue weighted by Crippen LogP contribution is 2.07. The van der Waals surface area contributed by atoms with Crippen LogP contribution in [0.4, 0.5) is 0 Å². The molecular weight excluding hydrogens is 184 g/mol. The zero-order valence-corrected chi connectivity index (χ0v) is 10.7. The standard InChI is InChI=1S/C14H24O/c1-6-8-14(10-9-12(3)4)15-11-13(5)7-2/h6,8-10,13H,7,11H2,1-5H3/b8-6-,14-10+. The van der Waals surface area contributed by atoms with Gasteiger partial charge in [0.1, 0.15) is 5.76 Å². The predicted octanol–water partition coefficient (Wildman–Crippen LogP) is 4.48. The average molecular weight is 208 g/mol. The van der Waals surface area contributed by atoms with Crippen LogP contribution in [0.15, 0.2) is 35.6 Å². The largest absolute Gasteiger partial charge is 0.493 e. The van der Waals surface area contributed by atoms with Crippen LogP contribution in [-0.4, -0.2) is 6.61 Å². The van der Waals surface area contributed by atoms with E-state index in [1.54, 1.807) is 0 Å². The summed E-state index contributed by atoms with van der Waals surface area (Å²) < 4.78 is 5.72. The van der Waals surface area contributed by atoms with E-state index >= 15 is 0 Å². The minimum atomic E-state index is 0.616. The van der Waals surface area contributed by atoms with E-state index in [2.05, 4.69) is 33.8 Å². The number of ether oxygens (including phenoxy) is 1. The Morgan fingerprint density at radius 2 is 1.93 bits per heavy atom. The SMILES string of the molecule is C/C=C\C(=C/C=C(C)C)OCC(C)CC. The summed E-state index contributed by atoms with van der Waals surface area (Å²) in [7, 11) is 0. The Hall–Kier alpha value is -0.980. The van der Waals surface area contributed by atoms with Crippen molar-refractivity contribution in [1.29, 1.82) is 0 Å². The van der Waals surface area contributed by atoms with Crippen LogP contribution in [0.25, 0.3) is 0 Å². The van der Waals surface area contributed by atoms with Crippen molar-refractivity contribution in [2.45, 2.75) is 41.0 Å². The summed E-state index contributed by atoms with van der Waals surface area (Å²) in [6.45, 7) is 11.3. The van der Waals surface area contributed by atoms with E-state index in [4.69, 9.17) is 4.74 Å². The molecule has 1 atom stereocenters. The van der Waals surface area contributed by atoms with Gasteiger partial charge in [-0.3, -0.25) is 0 Å². The highest BCUT2D eigenvalue weighted by atomic mass is 16.5. The summed E-state index contributed by atoms with van der Waals surface area (Å²) in [6.07, 6.45) is 9.26. The molecular formula is C14H24O. The molecule has 0 aromatic carbocycles. The fourth-order valence-electron chi connectivity index (χ4n) is 0.921. The number of allylic oxidation sites excluding steroid dienone is 5. The minimum absolute atomic E-state index is 0.616. The summed E-state index contributed by atoms with van der Waals surface area (Å²) in [5, 5.41) is 0. The van der Waals surface area contributed by atoms with E-state index in [-0.39, 0.29) is 0 Å². The lowest BCUT2D eigenvalue weighted by Gasteiger charge is -2.11. The molecule has 1 nitrogen and oxygen atoms in total. The molecule has 0 radical (unpaired) electrons. The molecule has 0 aromatic rings. The molecule has 0 saturated carbocycles. The number of hydrogen-bond acceptors (Lipinski definition) is 1. The maximum absolute atomic E-state index is 5.72. The molecule has 0 heterocycles. The van der Waals surface area contributed by atoms with Crippen molar-refractivity contribution in [2.75, 3.05) is 6.61 Å². The molecule has 0 N–H and O–H groups in total. The van der Waals surface area contributed by atoms with Gasteiger partial charge in [-0.1, -0.05) is 38.0 Å². The summed E-state index contributed by atoms with van der Waals surface area (Å²) >= 11 is 0. The third-order valence-electron chi connectivity index (χ3n) is 2.14. The third kappa shape index (κ3) is 8.04. The smallest absolute Gasteiger partial charge is 0.118 e. The molecule has 0 amide bonds. The lowest BCUT2D eigenvalue weighted by Crippen LogP contribution is -2.03. The van der Waals surface area contributed by atoms with Crippen molar-refractivity contribution in [3.8, 4) is 0 Å². The molecule has 1 unspecified atom stereocenters. The van der Waals surface area contributed by atoms with Crippen LogP contribution in [0.2, 0.25) is 0 Å². The van der Waals surface area contributed by atoms with Gasteiger partial charge < -0.3 is 4.74 Å². The fourth-order valence-corrected chi connectivity index (χ4v) is 0.921. The highest BCUT2D eigenvalue weighted by Gasteiger charge is 1.99. The zero-order valence-electron chi connectivity index (χ0n) is 10.7. The third-order valence-corrected chi connectivity index (χ3v) is 2.14. The fraction of sp³-hybridized carbons (Fsp3) is 0.571. The molecule has 0 aliphatic carbocycles. The Kier molecular flexibility index (Phi) is 7.79. The first-order valence-corrected chi connectivity index (χ1v) is 5.70. The van der Waals surface area contributed by atoms with Gasteiger partial charge in [0.05, 0.1) is 6.61 Å². The lowest BCUT2D eigenvalue weighted by molar-refractivity contribution is 0.180. The van der Waals surface area contributed by atoms with E-state index in [1.807, 2.05) is 25.2 Å². The van der Waals surface area contributed by atoms with Gasteiger partial charge in [-0.2, -0.15) is 0 Å². The number of rotatable bonds is 6. The second kappa shape index (κ2) is 8.34. The van der Waals surface area contributed by atoms with E-state index in [1.165, 1.54) is 5.57 Å². The molecule has 0 aliphatic rings. The molecule has 0 spiro atoms. The second-order valence-electron chi connectivity index (χ2n) is 4.14. The van der Waals surface area contributed by atoms with E-state index in [0.29, 0.717) is 5.92 Å². The van der Waals surface area contributed by atoms with Crippen molar-refractivity contribution >= 4 is 0 Å². The highest BCUT2D eigenvalue weighted by molar-refractivity contribution is 5.20. The number of hydrogen-bond donors (Lipinski definition) is 0. The van der Waals surface area contributed by atoms with E-state index in [0.717, 1.165) is 18.8 Å². The van der Waals surface area contributed by atoms with Crippen molar-refractivity contribution in [3.63, 3.8) is 0 Å². The summed E-state index contributed by atoms with van der Waals surface area (Å²) in [4.78, 5) is 0. The molecule has 0 aliphatic heterocycles. The summed E-state index contributed by atoms with van der Waals surface area (Å²) in [6, 6.07) is 0. The Morgan fingerprint density at radius 1 is 1.27 bits per heavy atom. The summed E-state index contributed by atoms with van der Waals surface area (Å²) in [5.41, 5.74) is 1.28. The average Bonchev–Trinajstić information content (AvgIpc) is 2.21. The van der Waals surface area contributed by atoms with Gasteiger partial charge in [-0.05, 0) is 38.8 Å². The Morgan fingerprint density at radius 3 is 2.40 bits per heavy atom. The van der Waals surface area contributed by atoms with Gasteiger partial charge in [0.15, 0.2) is 0 Å². The monoisotopic (exact) mass is 208 g/mol. The summed E-state index contributed by atoms with van der Waals surface area (Å²) in [5.74, 6) is 1.56. The molecule has 0 aromatic heterocycles. The zero-order chi connectivity index (χ0) is 11.7. The van der Waals surface area contributed by atoms with E-state index in [9.17, 15) is 0 Å². The van der Waals surface area contributed by atoms with Crippen LogP contribution < -0.4 is 0 Å². The molecule has 1 heteroatoms. The van der Waals surface area contributed by atoms with Crippen molar-refractivity contribution in [1.82, 2.24) is 0 Å². The quantitative estimate of drug-likeness (QED) is 0.462. The normalized spacial score (nSPS) is 14.1. The van der Waals surface area contributed by atoms with Crippen molar-refractivity contribution < 1.29 is 4.74 Å². The maximum Gasteiger partial charge on any atom is 0.118 e. The minimum Gasteiger partial charge on any atom is -0.493 e. The maximum atomic E-state index is 5.72. The topological polar surface area (TPSA) is 9.23 Å². The Labute approximate surface area is 94.5 Å². The van der Waals surface area contributed by atoms with Gasteiger partial charge in [0.25, 0.3) is 0 Å². The van der Waals surface area contributed by atoms with Crippen LogP contribution in [-0.2, 0) is 4.74 Å². The molecule has 0 rings (SSSR count). The van der Waals surface area contributed by atoms with Crippen molar-refractivity contribution in [2.24, 2.45) is 5.92 Å². The van der Waals surface area contributed by atoms with Gasteiger partial charge in [0, 0.05) is 0 Å². The van der Waals surface area contributed by atoms with Gasteiger partial charge >= 0.3 is 0 Å². The molecule has 0 saturated heterocycles. The first kappa shape index (κ1) is 14.0. The molecule has 0 bridgehead atoms. The second-order valence-corrected chi connectivity index (χ2v) is 4.14. The van der Waals surface area contributed by atoms with Crippen LogP contribution >= 0.6 is 0 Å². The first-order valence-electron chi connectivity index (χ1n) is 5.70. The van der Waals surface area contributed by atoms with Crippen LogP contribution in [0.1, 0.15) is 41.0 Å². The first-order chi connectivity index (χ1) is 7.10. The Balaban J connectivity index is 4.28. The Bertz CT molecular complexity index is 242. The van der Waals surface area contributed by atoms with Gasteiger partial charge in [-0.25, -0.2) is 0 Å².